The van der Waals surface area contributed by atoms with E-state index in [1.807, 2.05) is 0 Å². The van der Waals surface area contributed by atoms with Crippen molar-refractivity contribution in [2.75, 3.05) is 25.2 Å². The van der Waals surface area contributed by atoms with Crippen LogP contribution >= 0.6 is 0 Å². The molecule has 0 bridgehead atoms. The quantitative estimate of drug-likeness (QED) is 0.666. The zero-order chi connectivity index (χ0) is 19.8. The SMILES string of the molecule is COc1ccc(S(=O)(=O)NC2CC2)cc1NC(=O)C1CCCN1S(C)(=O)=O. The first-order valence-electron chi connectivity index (χ1n) is 8.60. The van der Waals surface area contributed by atoms with E-state index < -0.39 is 32.0 Å². The van der Waals surface area contributed by atoms with E-state index in [1.54, 1.807) is 0 Å². The number of benzene rings is 1. The Morgan fingerprint density at radius 3 is 2.48 bits per heavy atom. The molecule has 0 aromatic heterocycles. The Morgan fingerprint density at radius 2 is 1.89 bits per heavy atom. The Balaban J connectivity index is 1.84. The molecule has 2 aliphatic rings. The summed E-state index contributed by atoms with van der Waals surface area (Å²) < 4.78 is 57.5. The van der Waals surface area contributed by atoms with Crippen LogP contribution in [0.5, 0.6) is 5.75 Å². The highest BCUT2D eigenvalue weighted by atomic mass is 32.2. The van der Waals surface area contributed by atoms with E-state index in [4.69, 9.17) is 4.74 Å². The lowest BCUT2D eigenvalue weighted by atomic mass is 10.2. The van der Waals surface area contributed by atoms with Crippen LogP contribution in [0.1, 0.15) is 25.7 Å². The number of carbonyl (C=O) groups is 1. The van der Waals surface area contributed by atoms with Gasteiger partial charge in [0, 0.05) is 12.6 Å². The molecule has 9 nitrogen and oxygen atoms in total. The molecule has 1 aromatic carbocycles. The number of carbonyl (C=O) groups excluding carboxylic acids is 1. The summed E-state index contributed by atoms with van der Waals surface area (Å²) in [7, 11) is -5.80. The maximum absolute atomic E-state index is 12.7. The second-order valence-electron chi connectivity index (χ2n) is 6.78. The summed E-state index contributed by atoms with van der Waals surface area (Å²) in [5.41, 5.74) is 0.182. The fraction of sp³-hybridized carbons (Fsp3) is 0.562. The van der Waals surface area contributed by atoms with Gasteiger partial charge in [0.2, 0.25) is 26.0 Å². The Bertz CT molecular complexity index is 941. The number of nitrogens with zero attached hydrogens (tertiary/aromatic N) is 1. The number of sulfonamides is 2. The third-order valence-electron chi connectivity index (χ3n) is 4.57. The summed E-state index contributed by atoms with van der Waals surface area (Å²) in [6.07, 6.45) is 3.67. The van der Waals surface area contributed by atoms with Gasteiger partial charge >= 0.3 is 0 Å². The number of ether oxygens (including phenoxy) is 1. The summed E-state index contributed by atoms with van der Waals surface area (Å²) in [6.45, 7) is 0.285. The Kier molecular flexibility index (Phi) is 5.48. The van der Waals surface area contributed by atoms with Crippen molar-refractivity contribution in [2.45, 2.75) is 42.7 Å². The predicted octanol–water partition coefficient (Wildman–Crippen LogP) is 0.498. The Hall–Kier alpha value is -1.69. The highest BCUT2D eigenvalue weighted by Gasteiger charge is 2.37. The van der Waals surface area contributed by atoms with Gasteiger partial charge in [-0.3, -0.25) is 4.79 Å². The summed E-state index contributed by atoms with van der Waals surface area (Å²) in [6, 6.07) is 3.31. The van der Waals surface area contributed by atoms with Gasteiger partial charge in [-0.15, -0.1) is 0 Å². The molecule has 27 heavy (non-hydrogen) atoms. The van der Waals surface area contributed by atoms with Gasteiger partial charge in [0.05, 0.1) is 23.9 Å². The third-order valence-corrected chi connectivity index (χ3v) is 7.38. The molecule has 1 heterocycles. The van der Waals surface area contributed by atoms with Crippen molar-refractivity contribution in [1.82, 2.24) is 9.03 Å². The van der Waals surface area contributed by atoms with Crippen LogP contribution in [0, 0.1) is 0 Å². The highest BCUT2D eigenvalue weighted by Crippen LogP contribution is 2.30. The van der Waals surface area contributed by atoms with Crippen LogP contribution in [-0.2, 0) is 24.8 Å². The second-order valence-corrected chi connectivity index (χ2v) is 10.4. The molecule has 1 aliphatic carbocycles. The maximum atomic E-state index is 12.7. The number of hydrogen-bond acceptors (Lipinski definition) is 6. The topological polar surface area (TPSA) is 122 Å². The van der Waals surface area contributed by atoms with Crippen molar-refractivity contribution in [3.8, 4) is 5.75 Å². The van der Waals surface area contributed by atoms with Gasteiger partial charge in [0.15, 0.2) is 0 Å². The molecule has 150 valence electrons. The molecule has 1 amide bonds. The zero-order valence-electron chi connectivity index (χ0n) is 15.1. The van der Waals surface area contributed by atoms with Gasteiger partial charge in [-0.05, 0) is 43.9 Å². The molecule has 2 N–H and O–H groups in total. The van der Waals surface area contributed by atoms with E-state index in [9.17, 15) is 21.6 Å². The summed E-state index contributed by atoms with van der Waals surface area (Å²) in [5, 5.41) is 2.62. The van der Waals surface area contributed by atoms with E-state index in [0.717, 1.165) is 23.4 Å². The average molecular weight is 418 g/mol. The van der Waals surface area contributed by atoms with Crippen LogP contribution in [0.2, 0.25) is 0 Å². The minimum absolute atomic E-state index is 0.0110. The largest absolute Gasteiger partial charge is 0.495 e. The average Bonchev–Trinajstić information content (AvgIpc) is 3.23. The molecule has 1 aromatic rings. The molecular formula is C16H23N3O6S2. The van der Waals surface area contributed by atoms with Gasteiger partial charge in [0.25, 0.3) is 0 Å². The lowest BCUT2D eigenvalue weighted by molar-refractivity contribution is -0.119. The molecule has 0 spiro atoms. The number of nitrogens with one attached hydrogen (secondary N) is 2. The first-order chi connectivity index (χ1) is 12.6. The summed E-state index contributed by atoms with van der Waals surface area (Å²) in [4.78, 5) is 12.7. The van der Waals surface area contributed by atoms with Crippen molar-refractivity contribution in [3.05, 3.63) is 18.2 Å². The van der Waals surface area contributed by atoms with Crippen LogP contribution in [-0.4, -0.2) is 59.0 Å². The van der Waals surface area contributed by atoms with Gasteiger partial charge in [-0.2, -0.15) is 4.31 Å². The van der Waals surface area contributed by atoms with Crippen molar-refractivity contribution in [2.24, 2.45) is 0 Å². The third kappa shape index (κ3) is 4.60. The van der Waals surface area contributed by atoms with E-state index in [2.05, 4.69) is 10.0 Å². The first-order valence-corrected chi connectivity index (χ1v) is 11.9. The smallest absolute Gasteiger partial charge is 0.242 e. The molecule has 1 atom stereocenters. The standard InChI is InChI=1S/C16H23N3O6S2/c1-25-15-8-7-12(27(23,24)18-11-5-6-11)10-13(15)17-16(20)14-4-3-9-19(14)26(2,21)22/h7-8,10-11,14,18H,3-6,9H2,1-2H3,(H,17,20). The Labute approximate surface area is 159 Å². The van der Waals surface area contributed by atoms with Gasteiger partial charge < -0.3 is 10.1 Å². The number of rotatable bonds is 7. The summed E-state index contributed by atoms with van der Waals surface area (Å²) >= 11 is 0. The van der Waals surface area contributed by atoms with E-state index in [1.165, 1.54) is 25.3 Å². The van der Waals surface area contributed by atoms with Crippen LogP contribution < -0.4 is 14.8 Å². The molecule has 0 radical (unpaired) electrons. The van der Waals surface area contributed by atoms with Crippen molar-refractivity contribution in [3.63, 3.8) is 0 Å². The minimum atomic E-state index is -3.70. The first kappa shape index (κ1) is 20.1. The lowest BCUT2D eigenvalue weighted by Crippen LogP contribution is -2.42. The summed E-state index contributed by atoms with van der Waals surface area (Å²) in [5.74, 6) is -0.224. The van der Waals surface area contributed by atoms with Crippen LogP contribution in [0.15, 0.2) is 23.1 Å². The molecule has 1 saturated carbocycles. The zero-order valence-corrected chi connectivity index (χ0v) is 16.8. The normalized spacial score (nSPS) is 21.2. The van der Waals surface area contributed by atoms with Gasteiger partial charge in [-0.25, -0.2) is 21.6 Å². The molecule has 2 fully saturated rings. The number of anilines is 1. The van der Waals surface area contributed by atoms with Gasteiger partial charge in [0.1, 0.15) is 11.8 Å². The van der Waals surface area contributed by atoms with Crippen LogP contribution in [0.25, 0.3) is 0 Å². The maximum Gasteiger partial charge on any atom is 0.242 e. The molecule has 1 aliphatic heterocycles. The molecule has 1 saturated heterocycles. The van der Waals surface area contributed by atoms with E-state index >= 15 is 0 Å². The predicted molar refractivity (Wildman–Crippen MR) is 99.5 cm³/mol. The minimum Gasteiger partial charge on any atom is -0.495 e. The molecule has 1 unspecified atom stereocenters. The highest BCUT2D eigenvalue weighted by molar-refractivity contribution is 7.89. The van der Waals surface area contributed by atoms with Crippen molar-refractivity contribution in [1.29, 1.82) is 0 Å². The number of hydrogen-bond donors (Lipinski definition) is 2. The van der Waals surface area contributed by atoms with Crippen LogP contribution in [0.3, 0.4) is 0 Å². The Morgan fingerprint density at radius 1 is 1.19 bits per heavy atom. The monoisotopic (exact) mass is 417 g/mol. The lowest BCUT2D eigenvalue weighted by Gasteiger charge is -2.22. The van der Waals surface area contributed by atoms with E-state index in [0.29, 0.717) is 12.8 Å². The molecular weight excluding hydrogens is 394 g/mol. The van der Waals surface area contributed by atoms with E-state index in [-0.39, 0.29) is 28.9 Å². The fourth-order valence-electron chi connectivity index (χ4n) is 3.06. The van der Waals surface area contributed by atoms with Crippen molar-refractivity contribution < 1.29 is 26.4 Å². The number of amides is 1. The van der Waals surface area contributed by atoms with Gasteiger partial charge in [-0.1, -0.05) is 0 Å². The second kappa shape index (κ2) is 7.38. The van der Waals surface area contributed by atoms with Crippen LogP contribution in [0.4, 0.5) is 5.69 Å². The number of methoxy groups -OCH3 is 1. The molecule has 3 rings (SSSR count). The van der Waals surface area contributed by atoms with Crippen molar-refractivity contribution >= 4 is 31.6 Å². The molecule has 11 heteroatoms. The fourth-order valence-corrected chi connectivity index (χ4v) is 5.51.